The number of hydrogen-bond acceptors (Lipinski definition) is 6. The van der Waals surface area contributed by atoms with Gasteiger partial charge in [-0.3, -0.25) is 4.79 Å². The molecule has 0 unspecified atom stereocenters. The summed E-state index contributed by atoms with van der Waals surface area (Å²) in [7, 11) is 0. The molecule has 0 bridgehead atoms. The number of benzene rings is 1. The van der Waals surface area contributed by atoms with Crippen LogP contribution in [0.5, 0.6) is 0 Å². The van der Waals surface area contributed by atoms with Gasteiger partial charge in [0, 0.05) is 11.6 Å². The molecule has 0 aliphatic heterocycles. The lowest BCUT2D eigenvalue weighted by Gasteiger charge is -2.06. The number of anilines is 1. The van der Waals surface area contributed by atoms with Crippen molar-refractivity contribution in [2.24, 2.45) is 0 Å². The highest BCUT2D eigenvalue weighted by molar-refractivity contribution is 7.12. The van der Waals surface area contributed by atoms with Crippen molar-refractivity contribution in [1.29, 1.82) is 0 Å². The molecule has 1 aromatic carbocycles. The summed E-state index contributed by atoms with van der Waals surface area (Å²) in [6.45, 7) is 0.477. The van der Waals surface area contributed by atoms with E-state index < -0.39 is 0 Å². The monoisotopic (exact) mass is 384 g/mol. The highest BCUT2D eigenvalue weighted by atomic mass is 35.5. The van der Waals surface area contributed by atoms with Crippen LogP contribution in [0.3, 0.4) is 0 Å². The number of hydrogen-bond donors (Lipinski definition) is 1. The number of nitrogens with one attached hydrogen (secondary N) is 1. The molecule has 1 N–H and O–H groups in total. The minimum absolute atomic E-state index is 0.246. The number of carbonyl (C=O) groups excluding carboxylic acids is 1. The molecule has 6 nitrogen and oxygen atoms in total. The van der Waals surface area contributed by atoms with E-state index in [9.17, 15) is 4.79 Å². The fourth-order valence-electron chi connectivity index (χ4n) is 2.37. The van der Waals surface area contributed by atoms with Crippen molar-refractivity contribution in [3.63, 3.8) is 0 Å². The molecule has 130 valence electrons. The number of furan rings is 1. The Hall–Kier alpha value is -2.90. The van der Waals surface area contributed by atoms with Gasteiger partial charge in [0.15, 0.2) is 5.76 Å². The van der Waals surface area contributed by atoms with Crippen LogP contribution < -0.4 is 5.32 Å². The van der Waals surface area contributed by atoms with Gasteiger partial charge in [-0.15, -0.1) is 16.4 Å². The molecule has 0 saturated carbocycles. The first kappa shape index (κ1) is 16.6. The molecule has 0 aliphatic carbocycles. The van der Waals surface area contributed by atoms with Gasteiger partial charge in [0.05, 0.1) is 11.1 Å². The maximum absolute atomic E-state index is 12.7. The zero-order chi connectivity index (χ0) is 17.9. The number of halogens is 1. The number of aromatic nitrogens is 3. The Balaban J connectivity index is 1.65. The van der Waals surface area contributed by atoms with Crippen LogP contribution in [0.4, 0.5) is 5.95 Å². The van der Waals surface area contributed by atoms with E-state index in [1.807, 2.05) is 35.7 Å². The smallest absolute Gasteiger partial charge is 0.291 e. The Bertz CT molecular complexity index is 1010. The normalized spacial score (nSPS) is 10.8. The lowest BCUT2D eigenvalue weighted by atomic mass is 10.2. The van der Waals surface area contributed by atoms with E-state index in [1.165, 1.54) is 22.3 Å². The first-order chi connectivity index (χ1) is 12.7. The molecule has 0 spiro atoms. The molecule has 0 saturated heterocycles. The van der Waals surface area contributed by atoms with Gasteiger partial charge in [-0.2, -0.15) is 9.67 Å². The second kappa shape index (κ2) is 7.15. The van der Waals surface area contributed by atoms with E-state index in [2.05, 4.69) is 15.4 Å². The SMILES string of the molecule is O=C(c1cccs1)n1nc(-c2ccco2)nc1NCc1ccc(Cl)cc1. The first-order valence-electron chi connectivity index (χ1n) is 7.78. The Kier molecular flexibility index (Phi) is 4.55. The minimum atomic E-state index is -0.246. The Morgan fingerprint density at radius 3 is 2.73 bits per heavy atom. The summed E-state index contributed by atoms with van der Waals surface area (Å²) in [4.78, 5) is 17.8. The summed E-state index contributed by atoms with van der Waals surface area (Å²) in [5.41, 5.74) is 1.01. The standard InChI is InChI=1S/C18H13ClN4O2S/c19-13-7-5-12(6-8-13)11-20-18-21-16(14-3-1-9-25-14)22-23(18)17(24)15-4-2-10-26-15/h1-10H,11H2,(H,20,21,22). The lowest BCUT2D eigenvalue weighted by Crippen LogP contribution is -2.16. The van der Waals surface area contributed by atoms with Gasteiger partial charge in [-0.05, 0) is 41.3 Å². The van der Waals surface area contributed by atoms with Crippen LogP contribution in [0.25, 0.3) is 11.6 Å². The molecule has 4 aromatic rings. The maximum atomic E-state index is 12.7. The molecule has 3 heterocycles. The van der Waals surface area contributed by atoms with E-state index in [1.54, 1.807) is 18.2 Å². The van der Waals surface area contributed by atoms with Crippen molar-refractivity contribution in [1.82, 2.24) is 14.8 Å². The largest absolute Gasteiger partial charge is 0.461 e. The van der Waals surface area contributed by atoms with E-state index in [4.69, 9.17) is 16.0 Å². The molecular weight excluding hydrogens is 372 g/mol. The summed E-state index contributed by atoms with van der Waals surface area (Å²) in [5.74, 6) is 0.949. The zero-order valence-corrected chi connectivity index (χ0v) is 15.0. The van der Waals surface area contributed by atoms with Crippen molar-refractivity contribution in [2.45, 2.75) is 6.54 Å². The summed E-state index contributed by atoms with van der Waals surface area (Å²) >= 11 is 7.27. The average molecular weight is 385 g/mol. The number of nitrogens with zero attached hydrogens (tertiary/aromatic N) is 3. The van der Waals surface area contributed by atoms with Crippen molar-refractivity contribution in [3.05, 3.63) is 75.6 Å². The van der Waals surface area contributed by atoms with Crippen LogP contribution in [0.2, 0.25) is 5.02 Å². The Labute approximate surface area is 158 Å². The topological polar surface area (TPSA) is 73.0 Å². The van der Waals surface area contributed by atoms with E-state index >= 15 is 0 Å². The van der Waals surface area contributed by atoms with Gasteiger partial charge in [0.2, 0.25) is 11.8 Å². The van der Waals surface area contributed by atoms with Crippen LogP contribution in [-0.4, -0.2) is 20.7 Å². The van der Waals surface area contributed by atoms with Crippen LogP contribution in [0.1, 0.15) is 15.2 Å². The summed E-state index contributed by atoms with van der Waals surface area (Å²) < 4.78 is 6.61. The fourth-order valence-corrected chi connectivity index (χ4v) is 3.14. The van der Waals surface area contributed by atoms with E-state index in [-0.39, 0.29) is 5.91 Å². The maximum Gasteiger partial charge on any atom is 0.291 e. The molecule has 26 heavy (non-hydrogen) atoms. The van der Waals surface area contributed by atoms with Crippen molar-refractivity contribution in [3.8, 4) is 11.6 Å². The van der Waals surface area contributed by atoms with Gasteiger partial charge >= 0.3 is 0 Å². The average Bonchev–Trinajstić information content (AvgIpc) is 3.41. The third-order valence-electron chi connectivity index (χ3n) is 3.64. The third kappa shape index (κ3) is 3.40. The molecular formula is C18H13ClN4O2S. The number of carbonyl (C=O) groups is 1. The molecule has 0 amide bonds. The quantitative estimate of drug-likeness (QED) is 0.546. The summed E-state index contributed by atoms with van der Waals surface area (Å²) in [5, 5.41) is 10.00. The van der Waals surface area contributed by atoms with Crippen LogP contribution in [0, 0.1) is 0 Å². The highest BCUT2D eigenvalue weighted by Gasteiger charge is 2.20. The van der Waals surface area contributed by atoms with Gasteiger partial charge in [0.25, 0.3) is 5.91 Å². The Morgan fingerprint density at radius 1 is 1.19 bits per heavy atom. The highest BCUT2D eigenvalue weighted by Crippen LogP contribution is 2.21. The fraction of sp³-hybridized carbons (Fsp3) is 0.0556. The first-order valence-corrected chi connectivity index (χ1v) is 9.04. The molecule has 0 atom stereocenters. The van der Waals surface area contributed by atoms with Crippen molar-refractivity contribution < 1.29 is 9.21 Å². The van der Waals surface area contributed by atoms with E-state index in [0.717, 1.165) is 5.56 Å². The minimum Gasteiger partial charge on any atom is -0.461 e. The number of thiophene rings is 1. The molecule has 0 fully saturated rings. The van der Waals surface area contributed by atoms with Crippen LogP contribution in [0.15, 0.2) is 64.6 Å². The van der Waals surface area contributed by atoms with Gasteiger partial charge in [-0.25, -0.2) is 0 Å². The van der Waals surface area contributed by atoms with Gasteiger partial charge in [0.1, 0.15) is 0 Å². The molecule has 0 aliphatic rings. The van der Waals surface area contributed by atoms with Gasteiger partial charge < -0.3 is 9.73 Å². The Morgan fingerprint density at radius 2 is 2.04 bits per heavy atom. The second-order valence-corrected chi connectivity index (χ2v) is 6.79. The molecule has 4 rings (SSSR count). The predicted molar refractivity (Wildman–Crippen MR) is 101 cm³/mol. The van der Waals surface area contributed by atoms with Crippen molar-refractivity contribution >= 4 is 34.8 Å². The molecule has 3 aromatic heterocycles. The summed E-state index contributed by atoms with van der Waals surface area (Å²) in [6.07, 6.45) is 1.54. The number of rotatable bonds is 5. The second-order valence-electron chi connectivity index (χ2n) is 5.41. The zero-order valence-electron chi connectivity index (χ0n) is 13.4. The molecule has 8 heteroatoms. The van der Waals surface area contributed by atoms with Gasteiger partial charge in [-0.1, -0.05) is 29.8 Å². The van der Waals surface area contributed by atoms with Crippen molar-refractivity contribution in [2.75, 3.05) is 5.32 Å². The van der Waals surface area contributed by atoms with E-state index in [0.29, 0.717) is 34.0 Å². The molecule has 0 radical (unpaired) electrons. The van der Waals surface area contributed by atoms with Crippen LogP contribution in [-0.2, 0) is 6.54 Å². The predicted octanol–water partition coefficient (Wildman–Crippen LogP) is 4.55. The van der Waals surface area contributed by atoms with Crippen LogP contribution >= 0.6 is 22.9 Å². The third-order valence-corrected chi connectivity index (χ3v) is 4.75. The summed E-state index contributed by atoms with van der Waals surface area (Å²) in [6, 6.07) is 14.5. The lowest BCUT2D eigenvalue weighted by molar-refractivity contribution is 0.0951.